The average molecular weight is 411 g/mol. The Hall–Kier alpha value is -3.72. The van der Waals surface area contributed by atoms with E-state index in [9.17, 15) is 9.59 Å². The number of benzene rings is 2. The van der Waals surface area contributed by atoms with Crippen LogP contribution in [0.1, 0.15) is 0 Å². The van der Waals surface area contributed by atoms with Gasteiger partial charge in [0.1, 0.15) is 18.6 Å². The molecule has 1 N–H and O–H groups in total. The number of methoxy groups -OCH3 is 1. The van der Waals surface area contributed by atoms with E-state index in [1.54, 1.807) is 48.5 Å². The minimum atomic E-state index is -0.468. The largest absolute Gasteiger partial charge is 0.497 e. The normalized spacial score (nSPS) is 10.8. The van der Waals surface area contributed by atoms with Crippen molar-refractivity contribution in [2.45, 2.75) is 6.54 Å². The van der Waals surface area contributed by atoms with Gasteiger partial charge in [-0.2, -0.15) is 4.68 Å². The SMILES string of the molecule is COc1cccc(NC(=O)Cn2cnc3c(nnn3-c3cccc(Cl)c3)c2=O)c1. The van der Waals surface area contributed by atoms with E-state index in [-0.39, 0.29) is 23.6 Å². The summed E-state index contributed by atoms with van der Waals surface area (Å²) in [5.74, 6) is 0.226. The predicted octanol–water partition coefficient (Wildman–Crippen LogP) is 2.28. The van der Waals surface area contributed by atoms with Crippen LogP contribution in [0.4, 0.5) is 5.69 Å². The van der Waals surface area contributed by atoms with Crippen LogP contribution in [0.2, 0.25) is 5.02 Å². The molecule has 0 saturated carbocycles. The van der Waals surface area contributed by atoms with E-state index in [0.717, 1.165) is 0 Å². The van der Waals surface area contributed by atoms with Gasteiger partial charge in [-0.1, -0.05) is 28.9 Å². The van der Waals surface area contributed by atoms with Gasteiger partial charge in [0.2, 0.25) is 5.91 Å². The highest BCUT2D eigenvalue weighted by molar-refractivity contribution is 6.30. The maximum Gasteiger partial charge on any atom is 0.284 e. The fourth-order valence-corrected chi connectivity index (χ4v) is 2.98. The van der Waals surface area contributed by atoms with E-state index in [1.165, 1.54) is 22.7 Å². The topological polar surface area (TPSA) is 104 Å². The van der Waals surface area contributed by atoms with Gasteiger partial charge in [0, 0.05) is 16.8 Å². The second-order valence-electron chi connectivity index (χ2n) is 6.11. The Morgan fingerprint density at radius 3 is 2.83 bits per heavy atom. The van der Waals surface area contributed by atoms with Crippen LogP contribution in [0.25, 0.3) is 16.9 Å². The molecule has 0 saturated heterocycles. The third-order valence-corrected chi connectivity index (χ3v) is 4.38. The van der Waals surface area contributed by atoms with Gasteiger partial charge in [-0.15, -0.1) is 5.10 Å². The van der Waals surface area contributed by atoms with Gasteiger partial charge in [0.15, 0.2) is 11.2 Å². The summed E-state index contributed by atoms with van der Waals surface area (Å²) in [5, 5.41) is 11.2. The van der Waals surface area contributed by atoms with Crippen LogP contribution in [-0.4, -0.2) is 37.6 Å². The van der Waals surface area contributed by atoms with E-state index in [1.807, 2.05) is 0 Å². The molecular formula is C19H15ClN6O3. The van der Waals surface area contributed by atoms with Gasteiger partial charge in [-0.05, 0) is 30.3 Å². The standard InChI is InChI=1S/C19H15ClN6O3/c1-29-15-7-3-5-13(9-15)22-16(27)10-25-11-21-18-17(19(25)28)23-24-26(18)14-6-2-4-12(20)8-14/h2-9,11H,10H2,1H3,(H,22,27). The molecule has 0 unspecified atom stereocenters. The summed E-state index contributed by atoms with van der Waals surface area (Å²) in [6.07, 6.45) is 1.29. The van der Waals surface area contributed by atoms with E-state index in [0.29, 0.717) is 22.1 Å². The van der Waals surface area contributed by atoms with Crippen molar-refractivity contribution in [2.75, 3.05) is 12.4 Å². The lowest BCUT2D eigenvalue weighted by molar-refractivity contribution is -0.116. The number of nitrogens with zero attached hydrogens (tertiary/aromatic N) is 5. The van der Waals surface area contributed by atoms with Crippen LogP contribution in [0.15, 0.2) is 59.7 Å². The summed E-state index contributed by atoms with van der Waals surface area (Å²) in [6.45, 7) is -0.219. The Morgan fingerprint density at radius 1 is 1.21 bits per heavy atom. The fourth-order valence-electron chi connectivity index (χ4n) is 2.79. The Labute approximate surface area is 169 Å². The molecule has 0 radical (unpaired) electrons. The molecule has 2 aromatic carbocycles. The first kappa shape index (κ1) is 18.6. The Bertz CT molecular complexity index is 1270. The van der Waals surface area contributed by atoms with Crippen LogP contribution in [0, 0.1) is 0 Å². The van der Waals surface area contributed by atoms with Crippen LogP contribution in [-0.2, 0) is 11.3 Å². The number of amides is 1. The zero-order valence-corrected chi connectivity index (χ0v) is 16.0. The minimum Gasteiger partial charge on any atom is -0.497 e. The third-order valence-electron chi connectivity index (χ3n) is 4.15. The number of aromatic nitrogens is 5. The van der Waals surface area contributed by atoms with Gasteiger partial charge >= 0.3 is 0 Å². The summed E-state index contributed by atoms with van der Waals surface area (Å²) >= 11 is 6.01. The lowest BCUT2D eigenvalue weighted by Gasteiger charge is -2.08. The molecule has 0 atom stereocenters. The van der Waals surface area contributed by atoms with Crippen molar-refractivity contribution in [1.82, 2.24) is 24.5 Å². The minimum absolute atomic E-state index is 0.0571. The van der Waals surface area contributed by atoms with E-state index >= 15 is 0 Å². The smallest absolute Gasteiger partial charge is 0.284 e. The number of carbonyl (C=O) groups is 1. The molecule has 2 heterocycles. The van der Waals surface area contributed by atoms with Gasteiger partial charge in [-0.3, -0.25) is 14.2 Å². The van der Waals surface area contributed by atoms with Crippen molar-refractivity contribution in [3.05, 3.63) is 70.2 Å². The lowest BCUT2D eigenvalue weighted by Crippen LogP contribution is -2.28. The van der Waals surface area contributed by atoms with Gasteiger partial charge in [-0.25, -0.2) is 4.98 Å². The van der Waals surface area contributed by atoms with E-state index in [2.05, 4.69) is 20.6 Å². The van der Waals surface area contributed by atoms with Crippen molar-refractivity contribution in [1.29, 1.82) is 0 Å². The number of halogens is 1. The van der Waals surface area contributed by atoms with Crippen LogP contribution >= 0.6 is 11.6 Å². The zero-order chi connectivity index (χ0) is 20.4. The molecule has 0 aliphatic rings. The molecule has 4 rings (SSSR count). The highest BCUT2D eigenvalue weighted by Gasteiger charge is 2.15. The van der Waals surface area contributed by atoms with Gasteiger partial charge < -0.3 is 10.1 Å². The molecule has 146 valence electrons. The first-order valence-corrected chi connectivity index (χ1v) is 8.93. The molecule has 0 spiro atoms. The number of hydrogen-bond donors (Lipinski definition) is 1. The van der Waals surface area contributed by atoms with Crippen LogP contribution < -0.4 is 15.6 Å². The van der Waals surface area contributed by atoms with Crippen LogP contribution in [0.3, 0.4) is 0 Å². The maximum absolute atomic E-state index is 12.7. The summed E-state index contributed by atoms with van der Waals surface area (Å²) < 4.78 is 7.72. The Morgan fingerprint density at radius 2 is 2.03 bits per heavy atom. The quantitative estimate of drug-likeness (QED) is 0.541. The van der Waals surface area contributed by atoms with Crippen molar-refractivity contribution in [3.63, 3.8) is 0 Å². The first-order chi connectivity index (χ1) is 14.0. The number of hydrogen-bond acceptors (Lipinski definition) is 6. The summed E-state index contributed by atoms with van der Waals surface area (Å²) in [7, 11) is 1.54. The number of anilines is 1. The van der Waals surface area contributed by atoms with Crippen LogP contribution in [0.5, 0.6) is 5.75 Å². The number of ether oxygens (including phenoxy) is 1. The summed E-state index contributed by atoms with van der Waals surface area (Å²) in [4.78, 5) is 29.3. The molecule has 9 nitrogen and oxygen atoms in total. The zero-order valence-electron chi connectivity index (χ0n) is 15.2. The highest BCUT2D eigenvalue weighted by atomic mass is 35.5. The Kier molecular flexibility index (Phi) is 4.96. The number of carbonyl (C=O) groups excluding carboxylic acids is 1. The molecule has 10 heteroatoms. The number of rotatable bonds is 5. The van der Waals surface area contributed by atoms with Crippen molar-refractivity contribution in [3.8, 4) is 11.4 Å². The molecule has 1 amide bonds. The summed E-state index contributed by atoms with van der Waals surface area (Å²) in [5.41, 5.74) is 1.05. The number of nitrogens with one attached hydrogen (secondary N) is 1. The third kappa shape index (κ3) is 3.81. The second kappa shape index (κ2) is 7.72. The molecule has 0 fully saturated rings. The monoisotopic (exact) mass is 410 g/mol. The van der Waals surface area contributed by atoms with Gasteiger partial charge in [0.05, 0.1) is 12.8 Å². The van der Waals surface area contributed by atoms with Crippen molar-refractivity contribution in [2.24, 2.45) is 0 Å². The van der Waals surface area contributed by atoms with Crippen molar-refractivity contribution < 1.29 is 9.53 Å². The molecule has 0 bridgehead atoms. The molecule has 2 aromatic heterocycles. The number of fused-ring (bicyclic) bond motifs is 1. The van der Waals surface area contributed by atoms with Crippen molar-refractivity contribution >= 4 is 34.4 Å². The molecule has 29 heavy (non-hydrogen) atoms. The molecule has 0 aliphatic carbocycles. The first-order valence-electron chi connectivity index (χ1n) is 8.56. The fraction of sp³-hybridized carbons (Fsp3) is 0.105. The maximum atomic E-state index is 12.7. The predicted molar refractivity (Wildman–Crippen MR) is 108 cm³/mol. The average Bonchev–Trinajstić information content (AvgIpc) is 3.15. The van der Waals surface area contributed by atoms with E-state index in [4.69, 9.17) is 16.3 Å². The molecule has 4 aromatic rings. The van der Waals surface area contributed by atoms with E-state index < -0.39 is 5.56 Å². The molecule has 0 aliphatic heterocycles. The summed E-state index contributed by atoms with van der Waals surface area (Å²) in [6, 6.07) is 13.9. The lowest BCUT2D eigenvalue weighted by atomic mass is 10.3. The second-order valence-corrected chi connectivity index (χ2v) is 6.55. The molecular weight excluding hydrogens is 396 g/mol. The van der Waals surface area contributed by atoms with Gasteiger partial charge in [0.25, 0.3) is 5.56 Å². The highest BCUT2D eigenvalue weighted by Crippen LogP contribution is 2.17. The Balaban J connectivity index is 1.59.